The second-order valence-corrected chi connectivity index (χ2v) is 10.1. The van der Waals surface area contributed by atoms with Crippen molar-refractivity contribution in [2.24, 2.45) is 5.92 Å². The molecule has 2 aromatic heterocycles. The molecule has 1 atom stereocenters. The monoisotopic (exact) mass is 509 g/mol. The van der Waals surface area contributed by atoms with Gasteiger partial charge < -0.3 is 19.9 Å². The molecule has 1 aliphatic carbocycles. The fourth-order valence-corrected chi connectivity index (χ4v) is 5.38. The zero-order chi connectivity index (χ0) is 26.0. The van der Waals surface area contributed by atoms with Crippen LogP contribution in [0.4, 0.5) is 4.79 Å². The predicted octanol–water partition coefficient (Wildman–Crippen LogP) is 2.30. The third-order valence-corrected chi connectivity index (χ3v) is 7.55. The van der Waals surface area contributed by atoms with Crippen LogP contribution in [0.2, 0.25) is 0 Å². The Hall–Kier alpha value is -4.80. The summed E-state index contributed by atoms with van der Waals surface area (Å²) in [5.41, 5.74) is 3.14. The van der Waals surface area contributed by atoms with Crippen molar-refractivity contribution < 1.29 is 19.5 Å². The average Bonchev–Trinajstić information content (AvgIpc) is 3.47. The molecule has 3 N–H and O–H groups in total. The summed E-state index contributed by atoms with van der Waals surface area (Å²) in [6, 6.07) is 11.2. The molecule has 2 fully saturated rings. The number of benzene rings is 2. The molecule has 0 bridgehead atoms. The summed E-state index contributed by atoms with van der Waals surface area (Å²) in [4.78, 5) is 53.5. The molecule has 4 heterocycles. The number of amides is 4. The number of aromatic nitrogens is 4. The maximum Gasteiger partial charge on any atom is 0.322 e. The molecule has 0 radical (unpaired) electrons. The van der Waals surface area contributed by atoms with Crippen LogP contribution in [0.15, 0.2) is 55.1 Å². The van der Waals surface area contributed by atoms with E-state index in [1.807, 2.05) is 12.1 Å². The number of imidazole rings is 1. The van der Waals surface area contributed by atoms with Gasteiger partial charge in [0.2, 0.25) is 0 Å². The standard InChI is InChI=1S/C27H23N7O4/c35-19-8-5-17-11-33(24(36)20(17)9-19)12-27(25(37)31-26(38)32-27)18-6-3-16(4-7-18)21-22-23(29-13-28-21)34(14-30-22)10-15-1-2-15/h3-9,13-15,35H,1-2,10-12H2,(H2,31,32,37,38)/t27-/m0/s1. The molecule has 7 rings (SSSR count). The van der Waals surface area contributed by atoms with Crippen molar-refractivity contribution >= 4 is 29.0 Å². The smallest absolute Gasteiger partial charge is 0.322 e. The van der Waals surface area contributed by atoms with Gasteiger partial charge in [0, 0.05) is 24.2 Å². The number of hydrogen-bond donors (Lipinski definition) is 3. The summed E-state index contributed by atoms with van der Waals surface area (Å²) < 4.78 is 2.06. The van der Waals surface area contributed by atoms with E-state index in [4.69, 9.17) is 0 Å². The maximum absolute atomic E-state index is 13.1. The van der Waals surface area contributed by atoms with Gasteiger partial charge in [-0.3, -0.25) is 14.9 Å². The maximum atomic E-state index is 13.1. The van der Waals surface area contributed by atoms with Crippen molar-refractivity contribution in [1.82, 2.24) is 35.1 Å². The molecule has 1 saturated heterocycles. The predicted molar refractivity (Wildman–Crippen MR) is 135 cm³/mol. The average molecular weight is 510 g/mol. The van der Waals surface area contributed by atoms with E-state index < -0.39 is 17.5 Å². The Morgan fingerprint density at radius 3 is 2.58 bits per heavy atom. The molecule has 2 aliphatic heterocycles. The molecule has 1 saturated carbocycles. The van der Waals surface area contributed by atoms with Crippen LogP contribution in [-0.2, 0) is 23.4 Å². The summed E-state index contributed by atoms with van der Waals surface area (Å²) in [6.07, 6.45) is 5.77. The number of rotatable bonds is 6. The number of aromatic hydroxyl groups is 1. The van der Waals surface area contributed by atoms with Crippen molar-refractivity contribution in [3.63, 3.8) is 0 Å². The fraction of sp³-hybridized carbons (Fsp3) is 0.259. The molecular weight excluding hydrogens is 486 g/mol. The van der Waals surface area contributed by atoms with Gasteiger partial charge in [-0.1, -0.05) is 30.3 Å². The highest BCUT2D eigenvalue weighted by Gasteiger charge is 2.50. The largest absolute Gasteiger partial charge is 0.508 e. The van der Waals surface area contributed by atoms with E-state index in [-0.39, 0.29) is 24.7 Å². The first-order valence-corrected chi connectivity index (χ1v) is 12.4. The topological polar surface area (TPSA) is 142 Å². The van der Waals surface area contributed by atoms with Crippen LogP contribution in [-0.4, -0.2) is 53.9 Å². The second-order valence-electron chi connectivity index (χ2n) is 10.1. The highest BCUT2D eigenvalue weighted by atomic mass is 16.3. The van der Waals surface area contributed by atoms with E-state index in [0.29, 0.717) is 28.3 Å². The van der Waals surface area contributed by atoms with Crippen molar-refractivity contribution in [3.8, 4) is 17.0 Å². The van der Waals surface area contributed by atoms with Crippen LogP contribution in [0.25, 0.3) is 22.4 Å². The summed E-state index contributed by atoms with van der Waals surface area (Å²) >= 11 is 0. The van der Waals surface area contributed by atoms with Crippen molar-refractivity contribution in [1.29, 1.82) is 0 Å². The lowest BCUT2D eigenvalue weighted by atomic mass is 9.88. The lowest BCUT2D eigenvalue weighted by molar-refractivity contribution is -0.124. The van der Waals surface area contributed by atoms with Crippen molar-refractivity contribution in [3.05, 3.63) is 71.8 Å². The number of fused-ring (bicyclic) bond motifs is 2. The number of hydrogen-bond acceptors (Lipinski definition) is 7. The number of phenols is 1. The lowest BCUT2D eigenvalue weighted by Gasteiger charge is -2.31. The number of nitrogens with zero attached hydrogens (tertiary/aromatic N) is 5. The fourth-order valence-electron chi connectivity index (χ4n) is 5.38. The minimum atomic E-state index is -1.47. The van der Waals surface area contributed by atoms with Gasteiger partial charge in [0.1, 0.15) is 23.3 Å². The summed E-state index contributed by atoms with van der Waals surface area (Å²) in [7, 11) is 0. The molecular formula is C27H23N7O4. The van der Waals surface area contributed by atoms with E-state index in [1.54, 1.807) is 24.5 Å². The molecule has 190 valence electrons. The Balaban J connectivity index is 1.22. The quantitative estimate of drug-likeness (QED) is 0.339. The third-order valence-electron chi connectivity index (χ3n) is 7.55. The molecule has 4 aromatic rings. The number of nitrogens with one attached hydrogen (secondary N) is 2. The Morgan fingerprint density at radius 2 is 1.84 bits per heavy atom. The van der Waals surface area contributed by atoms with Gasteiger partial charge in [0.05, 0.1) is 12.9 Å². The van der Waals surface area contributed by atoms with E-state index in [2.05, 4.69) is 30.2 Å². The molecule has 0 spiro atoms. The summed E-state index contributed by atoms with van der Waals surface area (Å²) in [5.74, 6) is -0.182. The van der Waals surface area contributed by atoms with Crippen LogP contribution in [0.3, 0.4) is 0 Å². The highest BCUT2D eigenvalue weighted by Crippen LogP contribution is 2.35. The molecule has 11 nitrogen and oxygen atoms in total. The van der Waals surface area contributed by atoms with Crippen LogP contribution >= 0.6 is 0 Å². The van der Waals surface area contributed by atoms with E-state index >= 15 is 0 Å². The lowest BCUT2D eigenvalue weighted by Crippen LogP contribution is -2.52. The normalized spacial score (nSPS) is 20.6. The molecule has 2 aromatic carbocycles. The molecule has 11 heteroatoms. The van der Waals surface area contributed by atoms with Crippen molar-refractivity contribution in [2.45, 2.75) is 31.5 Å². The van der Waals surface area contributed by atoms with Gasteiger partial charge in [0.15, 0.2) is 11.2 Å². The number of phenolic OH excluding ortho intramolecular Hbond substituents is 1. The Morgan fingerprint density at radius 1 is 1.03 bits per heavy atom. The minimum absolute atomic E-state index is 0.00707. The van der Waals surface area contributed by atoms with Crippen LogP contribution in [0, 0.1) is 5.92 Å². The first-order chi connectivity index (χ1) is 18.4. The first-order valence-electron chi connectivity index (χ1n) is 12.4. The number of imide groups is 1. The van der Waals surface area contributed by atoms with Gasteiger partial charge in [-0.25, -0.2) is 19.7 Å². The minimum Gasteiger partial charge on any atom is -0.508 e. The highest BCUT2D eigenvalue weighted by molar-refractivity contribution is 6.08. The number of carbonyl (C=O) groups excluding carboxylic acids is 3. The van der Waals surface area contributed by atoms with E-state index in [9.17, 15) is 19.5 Å². The number of urea groups is 1. The third kappa shape index (κ3) is 3.50. The first kappa shape index (κ1) is 22.4. The van der Waals surface area contributed by atoms with Gasteiger partial charge in [-0.15, -0.1) is 0 Å². The van der Waals surface area contributed by atoms with E-state index in [1.165, 1.54) is 36.2 Å². The van der Waals surface area contributed by atoms with Crippen LogP contribution < -0.4 is 10.6 Å². The Bertz CT molecular complexity index is 1640. The molecule has 0 unspecified atom stereocenters. The Kier molecular flexibility index (Phi) is 4.78. The molecule has 3 aliphatic rings. The summed E-state index contributed by atoms with van der Waals surface area (Å²) in [5, 5.41) is 14.9. The number of carbonyl (C=O) groups is 3. The van der Waals surface area contributed by atoms with Crippen LogP contribution in [0.1, 0.15) is 34.3 Å². The van der Waals surface area contributed by atoms with Gasteiger partial charge in [-0.05, 0) is 42.0 Å². The second kappa shape index (κ2) is 8.10. The zero-order valence-electron chi connectivity index (χ0n) is 20.2. The molecule has 38 heavy (non-hydrogen) atoms. The zero-order valence-corrected chi connectivity index (χ0v) is 20.2. The van der Waals surface area contributed by atoms with Gasteiger partial charge >= 0.3 is 6.03 Å². The van der Waals surface area contributed by atoms with Crippen molar-refractivity contribution in [2.75, 3.05) is 6.54 Å². The van der Waals surface area contributed by atoms with Gasteiger partial charge in [0.25, 0.3) is 11.8 Å². The Labute approximate surface area is 216 Å². The molecule has 4 amide bonds. The van der Waals surface area contributed by atoms with Gasteiger partial charge in [-0.2, -0.15) is 0 Å². The van der Waals surface area contributed by atoms with E-state index in [0.717, 1.165) is 23.3 Å². The summed E-state index contributed by atoms with van der Waals surface area (Å²) in [6.45, 7) is 1.09. The SMILES string of the molecule is O=C1NC(=O)[C@](CN2Cc3ccc(O)cc3C2=O)(c2ccc(-c3ncnc4c3ncn4CC3CC3)cc2)N1. The van der Waals surface area contributed by atoms with Crippen LogP contribution in [0.5, 0.6) is 5.75 Å².